The molecule has 1 atom stereocenters. The molecular weight excluding hydrogens is 336 g/mol. The summed E-state index contributed by atoms with van der Waals surface area (Å²) in [4.78, 5) is 19.9. The molecule has 2 heterocycles. The summed E-state index contributed by atoms with van der Waals surface area (Å²) in [7, 11) is 1.68. The number of pyridine rings is 1. The summed E-state index contributed by atoms with van der Waals surface area (Å²) in [6.45, 7) is 2.90. The number of hydrogen-bond donors (Lipinski definition) is 0. The van der Waals surface area contributed by atoms with Crippen LogP contribution in [-0.4, -0.2) is 29.4 Å². The first-order valence-electron chi connectivity index (χ1n) is 10.1. The Bertz CT molecular complexity index is 810. The van der Waals surface area contributed by atoms with Crippen molar-refractivity contribution in [1.29, 1.82) is 0 Å². The third-order valence-corrected chi connectivity index (χ3v) is 5.98. The smallest absolute Gasteiger partial charge is 0.226 e. The summed E-state index contributed by atoms with van der Waals surface area (Å²) in [5, 5.41) is 0. The lowest BCUT2D eigenvalue weighted by atomic mass is 10.0. The van der Waals surface area contributed by atoms with Gasteiger partial charge in [-0.15, -0.1) is 0 Å². The number of carbonyl (C=O) groups excluding carboxylic acids is 1. The van der Waals surface area contributed by atoms with E-state index in [1.807, 2.05) is 19.1 Å². The van der Waals surface area contributed by atoms with Crippen LogP contribution in [0.1, 0.15) is 56.0 Å². The molecule has 0 N–H and O–H groups in total. The second kappa shape index (κ2) is 7.71. The number of nitrogens with zero attached hydrogens (tertiary/aromatic N) is 2. The number of aryl methyl sites for hydroxylation is 1. The molecule has 1 aromatic carbocycles. The van der Waals surface area contributed by atoms with Crippen LogP contribution in [0.4, 0.5) is 0 Å². The third-order valence-electron chi connectivity index (χ3n) is 5.98. The van der Waals surface area contributed by atoms with E-state index in [0.29, 0.717) is 5.91 Å². The molecular formula is C23H28N2O2. The Morgan fingerprint density at radius 2 is 1.78 bits per heavy atom. The van der Waals surface area contributed by atoms with Gasteiger partial charge in [0.2, 0.25) is 5.91 Å². The van der Waals surface area contributed by atoms with Crippen molar-refractivity contribution in [3.63, 3.8) is 0 Å². The van der Waals surface area contributed by atoms with Gasteiger partial charge in [-0.25, -0.2) is 0 Å². The first kappa shape index (κ1) is 18.0. The summed E-state index contributed by atoms with van der Waals surface area (Å²) in [6.07, 6.45) is 6.58. The van der Waals surface area contributed by atoms with Crippen LogP contribution >= 0.6 is 0 Å². The van der Waals surface area contributed by atoms with E-state index in [2.05, 4.69) is 29.2 Å². The Hall–Kier alpha value is -2.36. The molecule has 0 bridgehead atoms. The van der Waals surface area contributed by atoms with Crippen molar-refractivity contribution in [3.8, 4) is 16.9 Å². The zero-order valence-electron chi connectivity index (χ0n) is 16.3. The predicted octanol–water partition coefficient (Wildman–Crippen LogP) is 4.92. The van der Waals surface area contributed by atoms with Crippen LogP contribution in [0.3, 0.4) is 0 Å². The van der Waals surface area contributed by atoms with Gasteiger partial charge in [0.1, 0.15) is 5.75 Å². The van der Waals surface area contributed by atoms with E-state index in [1.54, 1.807) is 7.11 Å². The molecule has 1 saturated heterocycles. The van der Waals surface area contributed by atoms with E-state index < -0.39 is 0 Å². The molecule has 4 rings (SSSR count). The summed E-state index contributed by atoms with van der Waals surface area (Å²) in [5.41, 5.74) is 4.33. The first-order chi connectivity index (χ1) is 13.2. The number of likely N-dealkylation sites (tertiary alicyclic amines) is 1. The molecule has 2 aromatic rings. The van der Waals surface area contributed by atoms with Crippen molar-refractivity contribution in [2.75, 3.05) is 13.7 Å². The molecule has 1 aliphatic carbocycles. The average Bonchev–Trinajstić information content (AvgIpc) is 3.39. The molecule has 0 spiro atoms. The fourth-order valence-corrected chi connectivity index (χ4v) is 4.56. The molecule has 4 heteroatoms. The van der Waals surface area contributed by atoms with Gasteiger partial charge in [-0.05, 0) is 68.0 Å². The third kappa shape index (κ3) is 3.71. The van der Waals surface area contributed by atoms with Gasteiger partial charge in [0.15, 0.2) is 0 Å². The monoisotopic (exact) mass is 364 g/mol. The van der Waals surface area contributed by atoms with E-state index in [0.717, 1.165) is 60.5 Å². The van der Waals surface area contributed by atoms with Crippen molar-refractivity contribution in [3.05, 3.63) is 47.8 Å². The second-order valence-corrected chi connectivity index (χ2v) is 7.82. The zero-order chi connectivity index (χ0) is 18.8. The highest BCUT2D eigenvalue weighted by Crippen LogP contribution is 2.37. The van der Waals surface area contributed by atoms with Crippen LogP contribution in [0.2, 0.25) is 0 Å². The Morgan fingerprint density at radius 3 is 2.48 bits per heavy atom. The number of ether oxygens (including phenoxy) is 1. The van der Waals surface area contributed by atoms with E-state index >= 15 is 0 Å². The highest BCUT2D eigenvalue weighted by Gasteiger charge is 2.35. The van der Waals surface area contributed by atoms with Gasteiger partial charge in [0, 0.05) is 18.2 Å². The van der Waals surface area contributed by atoms with Crippen molar-refractivity contribution in [1.82, 2.24) is 9.88 Å². The molecule has 2 aliphatic rings. The van der Waals surface area contributed by atoms with Gasteiger partial charge in [0.05, 0.1) is 18.8 Å². The summed E-state index contributed by atoms with van der Waals surface area (Å²) < 4.78 is 5.27. The van der Waals surface area contributed by atoms with Crippen molar-refractivity contribution < 1.29 is 9.53 Å². The normalized spacial score (nSPS) is 20.2. The molecule has 27 heavy (non-hydrogen) atoms. The number of rotatable bonds is 4. The summed E-state index contributed by atoms with van der Waals surface area (Å²) in [5.74, 6) is 1.44. The number of carbonyl (C=O) groups is 1. The number of benzene rings is 1. The van der Waals surface area contributed by atoms with E-state index in [4.69, 9.17) is 9.72 Å². The van der Waals surface area contributed by atoms with Gasteiger partial charge >= 0.3 is 0 Å². The molecule has 1 aliphatic heterocycles. The van der Waals surface area contributed by atoms with Crippen LogP contribution in [0.5, 0.6) is 5.75 Å². The van der Waals surface area contributed by atoms with Crippen molar-refractivity contribution in [2.45, 2.75) is 51.5 Å². The van der Waals surface area contributed by atoms with Crippen LogP contribution in [0.25, 0.3) is 11.1 Å². The predicted molar refractivity (Wildman–Crippen MR) is 107 cm³/mol. The Kier molecular flexibility index (Phi) is 5.15. The summed E-state index contributed by atoms with van der Waals surface area (Å²) >= 11 is 0. The maximum Gasteiger partial charge on any atom is 0.226 e. The van der Waals surface area contributed by atoms with Gasteiger partial charge < -0.3 is 9.64 Å². The lowest BCUT2D eigenvalue weighted by Gasteiger charge is -2.27. The quantitative estimate of drug-likeness (QED) is 0.773. The van der Waals surface area contributed by atoms with Crippen molar-refractivity contribution in [2.24, 2.45) is 5.92 Å². The largest absolute Gasteiger partial charge is 0.497 e. The highest BCUT2D eigenvalue weighted by atomic mass is 16.5. The lowest BCUT2D eigenvalue weighted by Crippen LogP contribution is -2.35. The van der Waals surface area contributed by atoms with Gasteiger partial charge in [-0.1, -0.05) is 25.0 Å². The molecule has 2 fully saturated rings. The minimum atomic E-state index is 0.120. The Morgan fingerprint density at radius 1 is 1.04 bits per heavy atom. The van der Waals surface area contributed by atoms with E-state index in [9.17, 15) is 4.79 Å². The maximum absolute atomic E-state index is 13.0. The molecule has 4 nitrogen and oxygen atoms in total. The van der Waals surface area contributed by atoms with Gasteiger partial charge in [-0.2, -0.15) is 0 Å². The molecule has 142 valence electrons. The topological polar surface area (TPSA) is 42.4 Å². The van der Waals surface area contributed by atoms with E-state index in [1.165, 1.54) is 12.8 Å². The molecule has 1 amide bonds. The molecule has 1 saturated carbocycles. The zero-order valence-corrected chi connectivity index (χ0v) is 16.3. The summed E-state index contributed by atoms with van der Waals surface area (Å²) in [6, 6.07) is 12.5. The Labute approximate surface area is 161 Å². The van der Waals surface area contributed by atoms with Crippen molar-refractivity contribution >= 4 is 5.91 Å². The first-order valence-corrected chi connectivity index (χ1v) is 10.1. The maximum atomic E-state index is 13.0. The minimum absolute atomic E-state index is 0.120. The standard InChI is InChI=1S/C23H28N2O2/c1-16-14-19(17-9-11-20(27-2)12-10-17)15-21(24-16)22-8-5-13-25(22)23(26)18-6-3-4-7-18/h9-12,14-15,18,22H,3-8,13H2,1-2H3. The Balaban J connectivity index is 1.62. The minimum Gasteiger partial charge on any atom is -0.497 e. The molecule has 1 aromatic heterocycles. The number of aromatic nitrogens is 1. The van der Waals surface area contributed by atoms with Crippen LogP contribution in [-0.2, 0) is 4.79 Å². The number of methoxy groups -OCH3 is 1. The van der Waals surface area contributed by atoms with Gasteiger partial charge in [0.25, 0.3) is 0 Å². The molecule has 0 radical (unpaired) electrons. The van der Waals surface area contributed by atoms with Gasteiger partial charge in [-0.3, -0.25) is 9.78 Å². The average molecular weight is 364 g/mol. The molecule has 1 unspecified atom stereocenters. The number of amides is 1. The second-order valence-electron chi connectivity index (χ2n) is 7.82. The van der Waals surface area contributed by atoms with Crippen LogP contribution < -0.4 is 4.74 Å². The highest BCUT2D eigenvalue weighted by molar-refractivity contribution is 5.80. The van der Waals surface area contributed by atoms with E-state index in [-0.39, 0.29) is 12.0 Å². The fraction of sp³-hybridized carbons (Fsp3) is 0.478. The van der Waals surface area contributed by atoms with Crippen LogP contribution in [0.15, 0.2) is 36.4 Å². The fourth-order valence-electron chi connectivity index (χ4n) is 4.56. The van der Waals surface area contributed by atoms with Crippen LogP contribution in [0, 0.1) is 12.8 Å². The number of hydrogen-bond acceptors (Lipinski definition) is 3. The SMILES string of the molecule is COc1ccc(-c2cc(C)nc(C3CCCN3C(=O)C3CCCC3)c2)cc1. The lowest BCUT2D eigenvalue weighted by molar-refractivity contribution is -0.136.